The van der Waals surface area contributed by atoms with E-state index in [0.717, 1.165) is 25.7 Å². The maximum absolute atomic E-state index is 10.9. The Kier molecular flexibility index (Phi) is 8.30. The summed E-state index contributed by atoms with van der Waals surface area (Å²) in [5.74, 6) is 0.287. The van der Waals surface area contributed by atoms with Gasteiger partial charge in [0.1, 0.15) is 12.3 Å². The molecule has 0 bridgehead atoms. The highest BCUT2D eigenvalue weighted by Gasteiger charge is 2.23. The van der Waals surface area contributed by atoms with E-state index in [1.165, 1.54) is 0 Å². The number of halogens is 1. The van der Waals surface area contributed by atoms with Crippen LogP contribution in [-0.4, -0.2) is 46.3 Å². The second-order valence-electron chi connectivity index (χ2n) is 6.09. The van der Waals surface area contributed by atoms with E-state index in [1.807, 2.05) is 13.8 Å². The van der Waals surface area contributed by atoms with Crippen LogP contribution in [0.15, 0.2) is 6.20 Å². The van der Waals surface area contributed by atoms with Gasteiger partial charge in [0.05, 0.1) is 24.9 Å². The van der Waals surface area contributed by atoms with E-state index in [0.29, 0.717) is 18.9 Å². The zero-order chi connectivity index (χ0) is 16.8. The summed E-state index contributed by atoms with van der Waals surface area (Å²) in [7, 11) is 0. The van der Waals surface area contributed by atoms with E-state index in [4.69, 9.17) is 20.3 Å². The number of hydrogen-bond acceptors (Lipinski definition) is 5. The van der Waals surface area contributed by atoms with Crippen molar-refractivity contribution < 1.29 is 19.4 Å². The predicted octanol–water partition coefficient (Wildman–Crippen LogP) is 2.64. The van der Waals surface area contributed by atoms with Gasteiger partial charge in [-0.25, -0.2) is 4.79 Å². The Bertz CT molecular complexity index is 516. The van der Waals surface area contributed by atoms with Gasteiger partial charge in [-0.15, -0.1) is 17.5 Å². The molecule has 138 valence electrons. The molecular formula is C15H27ClN4O4. The molecule has 0 saturated heterocycles. The number of anilines is 1. The highest BCUT2D eigenvalue weighted by Crippen LogP contribution is 2.31. The highest BCUT2D eigenvalue weighted by atomic mass is 35.5. The minimum absolute atomic E-state index is 0. The van der Waals surface area contributed by atoms with Crippen molar-refractivity contribution in [2.24, 2.45) is 5.73 Å². The molecule has 0 unspecified atom stereocenters. The van der Waals surface area contributed by atoms with Crippen molar-refractivity contribution >= 4 is 24.2 Å². The van der Waals surface area contributed by atoms with Gasteiger partial charge in [0.2, 0.25) is 0 Å². The first-order chi connectivity index (χ1) is 11.0. The van der Waals surface area contributed by atoms with E-state index in [9.17, 15) is 4.79 Å². The van der Waals surface area contributed by atoms with E-state index in [1.54, 1.807) is 10.9 Å². The number of nitrogens with two attached hydrogens (primary N) is 1. The van der Waals surface area contributed by atoms with Crippen LogP contribution < -0.4 is 15.8 Å². The van der Waals surface area contributed by atoms with Crippen LogP contribution in [0.1, 0.15) is 45.6 Å². The summed E-state index contributed by atoms with van der Waals surface area (Å²) in [5.41, 5.74) is 6.28. The molecule has 1 amide bonds. The largest absolute Gasteiger partial charge is 0.473 e. The summed E-state index contributed by atoms with van der Waals surface area (Å²) in [6.07, 6.45) is 4.44. The monoisotopic (exact) mass is 362 g/mol. The summed E-state index contributed by atoms with van der Waals surface area (Å²) < 4.78 is 12.8. The third-order valence-corrected chi connectivity index (χ3v) is 3.83. The van der Waals surface area contributed by atoms with Crippen LogP contribution in [0.5, 0.6) is 5.88 Å². The number of rotatable bonds is 7. The van der Waals surface area contributed by atoms with Crippen LogP contribution in [0, 0.1) is 0 Å². The Morgan fingerprint density at radius 3 is 2.67 bits per heavy atom. The van der Waals surface area contributed by atoms with Gasteiger partial charge < -0.3 is 20.3 Å². The minimum Gasteiger partial charge on any atom is -0.473 e. The SMILES string of the molecule is CC(C)OCCOc1nn(C2CCC(N)CC2)cc1NC(=O)O.Cl. The average molecular weight is 363 g/mol. The standard InChI is InChI=1S/C15H26N4O4.ClH/c1-10(2)22-7-8-23-14-13(17-15(20)21)9-19(18-14)12-5-3-11(16)4-6-12;/h9-12,17H,3-8,16H2,1-2H3,(H,20,21);1H. The lowest BCUT2D eigenvalue weighted by Crippen LogP contribution is -2.28. The van der Waals surface area contributed by atoms with Crippen LogP contribution in [0.2, 0.25) is 0 Å². The number of carbonyl (C=O) groups is 1. The molecule has 1 aliphatic carbocycles. The lowest BCUT2D eigenvalue weighted by Gasteiger charge is -2.26. The summed E-state index contributed by atoms with van der Waals surface area (Å²) in [4.78, 5) is 10.9. The number of carboxylic acid groups (broad SMARTS) is 1. The second-order valence-corrected chi connectivity index (χ2v) is 6.09. The van der Waals surface area contributed by atoms with Crippen LogP contribution >= 0.6 is 12.4 Å². The molecule has 8 nitrogen and oxygen atoms in total. The van der Waals surface area contributed by atoms with Crippen molar-refractivity contribution in [3.63, 3.8) is 0 Å². The predicted molar refractivity (Wildman–Crippen MR) is 93.2 cm³/mol. The molecule has 9 heteroatoms. The molecule has 1 saturated carbocycles. The van der Waals surface area contributed by atoms with Gasteiger partial charge in [-0.2, -0.15) is 0 Å². The number of nitrogens with one attached hydrogen (secondary N) is 1. The molecule has 1 fully saturated rings. The van der Waals surface area contributed by atoms with E-state index < -0.39 is 6.09 Å². The highest BCUT2D eigenvalue weighted by molar-refractivity contribution is 5.85. The first-order valence-electron chi connectivity index (χ1n) is 8.04. The van der Waals surface area contributed by atoms with Crippen LogP contribution in [0.25, 0.3) is 0 Å². The van der Waals surface area contributed by atoms with Crippen molar-refractivity contribution in [1.29, 1.82) is 0 Å². The van der Waals surface area contributed by atoms with Crippen LogP contribution in [0.4, 0.5) is 10.5 Å². The van der Waals surface area contributed by atoms with Crippen LogP contribution in [0.3, 0.4) is 0 Å². The number of amides is 1. The van der Waals surface area contributed by atoms with Crippen molar-refractivity contribution in [3.05, 3.63) is 6.20 Å². The van der Waals surface area contributed by atoms with Crippen molar-refractivity contribution in [2.75, 3.05) is 18.5 Å². The third-order valence-electron chi connectivity index (χ3n) is 3.83. The summed E-state index contributed by atoms with van der Waals surface area (Å²) >= 11 is 0. The van der Waals surface area contributed by atoms with Crippen molar-refractivity contribution in [2.45, 2.75) is 57.7 Å². The first kappa shape index (κ1) is 20.5. The van der Waals surface area contributed by atoms with Gasteiger partial charge in [-0.1, -0.05) is 0 Å². The number of ether oxygens (including phenoxy) is 2. The molecule has 1 aromatic rings. The molecule has 0 radical (unpaired) electrons. The number of nitrogens with zero attached hydrogens (tertiary/aromatic N) is 2. The van der Waals surface area contributed by atoms with E-state index in [-0.39, 0.29) is 36.5 Å². The van der Waals surface area contributed by atoms with Gasteiger partial charge in [-0.05, 0) is 39.5 Å². The molecule has 0 aliphatic heterocycles. The molecule has 2 rings (SSSR count). The van der Waals surface area contributed by atoms with Gasteiger partial charge in [0, 0.05) is 6.04 Å². The normalized spacial score (nSPS) is 20.5. The Labute approximate surface area is 148 Å². The molecular weight excluding hydrogens is 336 g/mol. The Balaban J connectivity index is 0.00000288. The lowest BCUT2D eigenvalue weighted by molar-refractivity contribution is 0.0541. The molecule has 1 heterocycles. The first-order valence-corrected chi connectivity index (χ1v) is 8.04. The topological polar surface area (TPSA) is 112 Å². The minimum atomic E-state index is -1.14. The van der Waals surface area contributed by atoms with Gasteiger partial charge in [0.25, 0.3) is 5.88 Å². The molecule has 4 N–H and O–H groups in total. The fraction of sp³-hybridized carbons (Fsp3) is 0.733. The fourth-order valence-electron chi connectivity index (χ4n) is 2.66. The zero-order valence-corrected chi connectivity index (χ0v) is 14.9. The third kappa shape index (κ3) is 6.18. The van der Waals surface area contributed by atoms with Crippen molar-refractivity contribution in [1.82, 2.24) is 9.78 Å². The lowest BCUT2D eigenvalue weighted by atomic mass is 9.92. The van der Waals surface area contributed by atoms with Gasteiger partial charge >= 0.3 is 6.09 Å². The summed E-state index contributed by atoms with van der Waals surface area (Å²) in [6, 6.07) is 0.482. The summed E-state index contributed by atoms with van der Waals surface area (Å²) in [6.45, 7) is 4.63. The average Bonchev–Trinajstić information content (AvgIpc) is 2.86. The number of aromatic nitrogens is 2. The molecule has 24 heavy (non-hydrogen) atoms. The quantitative estimate of drug-likeness (QED) is 0.643. The van der Waals surface area contributed by atoms with Gasteiger partial charge in [-0.3, -0.25) is 10.00 Å². The maximum atomic E-state index is 10.9. The molecule has 0 spiro atoms. The van der Waals surface area contributed by atoms with E-state index >= 15 is 0 Å². The Morgan fingerprint density at radius 1 is 1.42 bits per heavy atom. The molecule has 0 atom stereocenters. The number of hydrogen-bond donors (Lipinski definition) is 3. The fourth-order valence-corrected chi connectivity index (χ4v) is 2.66. The van der Waals surface area contributed by atoms with Gasteiger partial charge in [0.15, 0.2) is 0 Å². The van der Waals surface area contributed by atoms with Crippen molar-refractivity contribution in [3.8, 4) is 5.88 Å². The summed E-state index contributed by atoms with van der Waals surface area (Å²) in [5, 5.41) is 15.7. The maximum Gasteiger partial charge on any atom is 0.409 e. The second kappa shape index (κ2) is 9.71. The molecule has 1 aliphatic rings. The smallest absolute Gasteiger partial charge is 0.409 e. The molecule has 1 aromatic heterocycles. The van der Waals surface area contributed by atoms with E-state index in [2.05, 4.69) is 10.4 Å². The zero-order valence-electron chi connectivity index (χ0n) is 14.1. The molecule has 0 aromatic carbocycles. The Hall–Kier alpha value is -1.51. The Morgan fingerprint density at radius 2 is 2.08 bits per heavy atom. The van der Waals surface area contributed by atoms with Crippen LogP contribution in [-0.2, 0) is 4.74 Å².